The second-order valence-corrected chi connectivity index (χ2v) is 4.31. The normalized spacial score (nSPS) is 11.2. The maximum atomic E-state index is 12.0. The third-order valence-corrected chi connectivity index (χ3v) is 2.71. The molecule has 0 bridgehead atoms. The summed E-state index contributed by atoms with van der Waals surface area (Å²) in [5.74, 6) is -0.361. The standard InChI is InChI=1S/C15H13N3O3/c1-11(21-14-7-2-3-8-18(14)20)15(19)17-13-6-4-5-12(9-13)10-16/h2-9,11H,1H3,(H,17,19)/t11-/m0/s1. The summed E-state index contributed by atoms with van der Waals surface area (Å²) in [4.78, 5) is 12.0. The topological polar surface area (TPSA) is 89.1 Å². The average molecular weight is 283 g/mol. The number of aromatic nitrogens is 1. The second kappa shape index (κ2) is 6.39. The SMILES string of the molecule is C[C@H](Oc1cccc[n+]1[O-])C(=O)Nc1cccc(C#N)c1. The minimum Gasteiger partial charge on any atom is -0.616 e. The van der Waals surface area contributed by atoms with Crippen molar-refractivity contribution >= 4 is 11.6 Å². The van der Waals surface area contributed by atoms with Crippen LogP contribution in [0.15, 0.2) is 48.7 Å². The predicted molar refractivity (Wildman–Crippen MR) is 75.3 cm³/mol. The number of carbonyl (C=O) groups is 1. The van der Waals surface area contributed by atoms with Crippen molar-refractivity contribution < 1.29 is 14.3 Å². The maximum absolute atomic E-state index is 12.0. The molecule has 0 fully saturated rings. The first kappa shape index (κ1) is 14.3. The Balaban J connectivity index is 2.03. The number of anilines is 1. The average Bonchev–Trinajstić information content (AvgIpc) is 2.49. The highest BCUT2D eigenvalue weighted by Crippen LogP contribution is 2.11. The third-order valence-electron chi connectivity index (χ3n) is 2.71. The number of nitriles is 1. The van der Waals surface area contributed by atoms with Crippen LogP contribution in [0.1, 0.15) is 12.5 Å². The summed E-state index contributed by atoms with van der Waals surface area (Å²) in [5, 5.41) is 22.9. The highest BCUT2D eigenvalue weighted by molar-refractivity contribution is 5.94. The van der Waals surface area contributed by atoms with Gasteiger partial charge in [-0.2, -0.15) is 5.26 Å². The van der Waals surface area contributed by atoms with Crippen LogP contribution in [0.3, 0.4) is 0 Å². The van der Waals surface area contributed by atoms with Gasteiger partial charge in [0.15, 0.2) is 12.3 Å². The Morgan fingerprint density at radius 1 is 1.38 bits per heavy atom. The van der Waals surface area contributed by atoms with Gasteiger partial charge in [-0.3, -0.25) is 4.79 Å². The van der Waals surface area contributed by atoms with E-state index >= 15 is 0 Å². The van der Waals surface area contributed by atoms with Crippen molar-refractivity contribution in [2.75, 3.05) is 5.32 Å². The first-order valence-electron chi connectivity index (χ1n) is 6.26. The molecule has 1 N–H and O–H groups in total. The highest BCUT2D eigenvalue weighted by atomic mass is 16.6. The van der Waals surface area contributed by atoms with E-state index in [1.165, 1.54) is 19.2 Å². The van der Waals surface area contributed by atoms with E-state index in [1.807, 2.05) is 6.07 Å². The van der Waals surface area contributed by atoms with Crippen molar-refractivity contribution in [2.45, 2.75) is 13.0 Å². The summed E-state index contributed by atoms with van der Waals surface area (Å²) in [7, 11) is 0. The molecule has 0 aliphatic heterocycles. The molecule has 0 spiro atoms. The van der Waals surface area contributed by atoms with E-state index in [9.17, 15) is 10.0 Å². The fraction of sp³-hybridized carbons (Fsp3) is 0.133. The van der Waals surface area contributed by atoms with Crippen LogP contribution in [-0.2, 0) is 4.79 Å². The van der Waals surface area contributed by atoms with Crippen LogP contribution >= 0.6 is 0 Å². The summed E-state index contributed by atoms with van der Waals surface area (Å²) >= 11 is 0. The zero-order valence-corrected chi connectivity index (χ0v) is 11.3. The molecule has 21 heavy (non-hydrogen) atoms. The van der Waals surface area contributed by atoms with Gasteiger partial charge in [0, 0.05) is 11.8 Å². The van der Waals surface area contributed by atoms with Crippen molar-refractivity contribution in [3.05, 3.63) is 59.4 Å². The lowest BCUT2D eigenvalue weighted by Gasteiger charge is -2.13. The lowest BCUT2D eigenvalue weighted by Crippen LogP contribution is -2.36. The van der Waals surface area contributed by atoms with Gasteiger partial charge in [0.1, 0.15) is 0 Å². The minimum absolute atomic E-state index is 0.0472. The Morgan fingerprint density at radius 2 is 2.19 bits per heavy atom. The van der Waals surface area contributed by atoms with E-state index in [2.05, 4.69) is 5.32 Å². The molecule has 6 nitrogen and oxygen atoms in total. The lowest BCUT2D eigenvalue weighted by molar-refractivity contribution is -0.613. The van der Waals surface area contributed by atoms with Gasteiger partial charge in [0.05, 0.1) is 17.7 Å². The van der Waals surface area contributed by atoms with E-state index < -0.39 is 12.0 Å². The van der Waals surface area contributed by atoms with Gasteiger partial charge in [0.2, 0.25) is 0 Å². The molecule has 106 valence electrons. The van der Waals surface area contributed by atoms with Crippen LogP contribution in [0.2, 0.25) is 0 Å². The van der Waals surface area contributed by atoms with Gasteiger partial charge in [-0.25, -0.2) is 0 Å². The minimum atomic E-state index is -0.849. The van der Waals surface area contributed by atoms with Gasteiger partial charge in [0.25, 0.3) is 5.91 Å². The van der Waals surface area contributed by atoms with Gasteiger partial charge in [-0.15, -0.1) is 4.73 Å². The molecule has 0 saturated heterocycles. The van der Waals surface area contributed by atoms with Crippen LogP contribution in [0.25, 0.3) is 0 Å². The predicted octanol–water partition coefficient (Wildman–Crippen LogP) is 1.60. The molecule has 1 heterocycles. The molecule has 0 saturated carbocycles. The lowest BCUT2D eigenvalue weighted by atomic mass is 10.2. The number of benzene rings is 1. The summed E-state index contributed by atoms with van der Waals surface area (Å²) < 4.78 is 5.85. The fourth-order valence-corrected chi connectivity index (χ4v) is 1.65. The molecule has 0 aliphatic carbocycles. The molecule has 1 amide bonds. The molecule has 0 aliphatic rings. The molecule has 6 heteroatoms. The summed E-state index contributed by atoms with van der Waals surface area (Å²) in [6, 6.07) is 13.2. The first-order valence-corrected chi connectivity index (χ1v) is 6.26. The maximum Gasteiger partial charge on any atom is 0.380 e. The van der Waals surface area contributed by atoms with Crippen molar-refractivity contribution in [3.63, 3.8) is 0 Å². The van der Waals surface area contributed by atoms with E-state index in [0.29, 0.717) is 16.0 Å². The molecule has 0 unspecified atom stereocenters. The molecule has 1 aromatic carbocycles. The molecule has 1 atom stereocenters. The van der Waals surface area contributed by atoms with Gasteiger partial charge < -0.3 is 15.3 Å². The monoisotopic (exact) mass is 283 g/mol. The van der Waals surface area contributed by atoms with E-state index in [1.54, 1.807) is 36.4 Å². The largest absolute Gasteiger partial charge is 0.616 e. The molecular formula is C15H13N3O3. The van der Waals surface area contributed by atoms with Crippen molar-refractivity contribution in [3.8, 4) is 11.9 Å². The zero-order valence-electron chi connectivity index (χ0n) is 11.3. The van der Waals surface area contributed by atoms with Gasteiger partial charge >= 0.3 is 5.88 Å². The number of nitrogens with zero attached hydrogens (tertiary/aromatic N) is 2. The Morgan fingerprint density at radius 3 is 2.90 bits per heavy atom. The number of amides is 1. The number of pyridine rings is 1. The Labute approximate surface area is 121 Å². The smallest absolute Gasteiger partial charge is 0.380 e. The molecular weight excluding hydrogens is 270 g/mol. The molecule has 2 rings (SSSR count). The Hall–Kier alpha value is -3.07. The van der Waals surface area contributed by atoms with Crippen LogP contribution in [0.5, 0.6) is 5.88 Å². The van der Waals surface area contributed by atoms with Crippen molar-refractivity contribution in [2.24, 2.45) is 0 Å². The van der Waals surface area contributed by atoms with E-state index in [0.717, 1.165) is 0 Å². The Bertz CT molecular complexity index is 695. The Kier molecular flexibility index (Phi) is 4.36. The summed E-state index contributed by atoms with van der Waals surface area (Å²) in [5.41, 5.74) is 0.944. The van der Waals surface area contributed by atoms with Crippen LogP contribution in [0, 0.1) is 16.5 Å². The molecule has 2 aromatic rings. The number of rotatable bonds is 4. The van der Waals surface area contributed by atoms with Crippen molar-refractivity contribution in [1.82, 2.24) is 0 Å². The fourth-order valence-electron chi connectivity index (χ4n) is 1.65. The van der Waals surface area contributed by atoms with Gasteiger partial charge in [-0.05, 0) is 31.2 Å². The highest BCUT2D eigenvalue weighted by Gasteiger charge is 2.18. The third kappa shape index (κ3) is 3.70. The molecule has 1 aromatic heterocycles. The zero-order chi connectivity index (χ0) is 15.2. The van der Waals surface area contributed by atoms with Crippen LogP contribution in [0.4, 0.5) is 5.69 Å². The van der Waals surface area contributed by atoms with Crippen molar-refractivity contribution in [1.29, 1.82) is 5.26 Å². The van der Waals surface area contributed by atoms with E-state index in [4.69, 9.17) is 10.00 Å². The number of carbonyl (C=O) groups excluding carboxylic acids is 1. The van der Waals surface area contributed by atoms with Crippen LogP contribution < -0.4 is 14.8 Å². The van der Waals surface area contributed by atoms with Gasteiger partial charge in [-0.1, -0.05) is 6.07 Å². The first-order chi connectivity index (χ1) is 10.1. The number of hydrogen-bond donors (Lipinski definition) is 1. The second-order valence-electron chi connectivity index (χ2n) is 4.31. The summed E-state index contributed by atoms with van der Waals surface area (Å²) in [6.07, 6.45) is 0.439. The van der Waals surface area contributed by atoms with Crippen LogP contribution in [-0.4, -0.2) is 12.0 Å². The summed E-state index contributed by atoms with van der Waals surface area (Å²) in [6.45, 7) is 1.54. The quantitative estimate of drug-likeness (QED) is 0.681. The number of nitrogens with one attached hydrogen (secondary N) is 1. The number of ether oxygens (including phenoxy) is 1. The number of hydrogen-bond acceptors (Lipinski definition) is 4. The molecule has 0 radical (unpaired) electrons. The van der Waals surface area contributed by atoms with E-state index in [-0.39, 0.29) is 5.88 Å².